The summed E-state index contributed by atoms with van der Waals surface area (Å²) in [6.45, 7) is 0. The summed E-state index contributed by atoms with van der Waals surface area (Å²) in [5.41, 5.74) is -6.26. The summed E-state index contributed by atoms with van der Waals surface area (Å²) in [6.07, 6.45) is -10.6. The van der Waals surface area contributed by atoms with Crippen LogP contribution in [0.5, 0.6) is 0 Å². The van der Waals surface area contributed by atoms with E-state index < -0.39 is 50.2 Å². The first-order valence-electron chi connectivity index (χ1n) is 7.92. The number of esters is 1. The maximum Gasteiger partial charge on any atom is 0.437 e. The second-order valence-electron chi connectivity index (χ2n) is 5.86. The first-order valence-corrected chi connectivity index (χ1v) is 9.41. The first kappa shape index (κ1) is 23.5. The Balaban J connectivity index is 2.62. The molecule has 0 aliphatic heterocycles. The number of alkyl halides is 6. The number of methoxy groups -OCH3 is 1. The molecular formula is C17H14F6N2O4S. The average Bonchev–Trinajstić information content (AvgIpc) is 2.66. The zero-order valence-corrected chi connectivity index (χ0v) is 15.8. The minimum atomic E-state index is -5.66. The maximum absolute atomic E-state index is 14.0. The van der Waals surface area contributed by atoms with Gasteiger partial charge in [-0.3, -0.25) is 0 Å². The predicted octanol–water partition coefficient (Wildman–Crippen LogP) is 3.53. The minimum Gasteiger partial charge on any atom is -0.466 e. The third-order valence-corrected chi connectivity index (χ3v) is 5.25. The molecule has 13 heteroatoms. The average molecular weight is 456 g/mol. The fourth-order valence-corrected chi connectivity index (χ4v) is 3.65. The Bertz CT molecular complexity index is 1010. The lowest BCUT2D eigenvalue weighted by atomic mass is 10.1. The summed E-state index contributed by atoms with van der Waals surface area (Å²) >= 11 is 0. The van der Waals surface area contributed by atoms with Gasteiger partial charge in [0.2, 0.25) is 10.0 Å². The van der Waals surface area contributed by atoms with E-state index in [2.05, 4.69) is 4.74 Å². The lowest BCUT2D eigenvalue weighted by molar-refractivity contribution is -0.201. The SMILES string of the molecule is COC(=O)C(Nc1cccc(C(F)(F)F)c1)(NS(=O)(=O)c1ccccc1)C(F)(F)F. The number of sulfonamides is 1. The molecule has 0 aliphatic carbocycles. The third kappa shape index (κ3) is 4.84. The van der Waals surface area contributed by atoms with Gasteiger partial charge in [-0.1, -0.05) is 24.3 Å². The van der Waals surface area contributed by atoms with Crippen molar-refractivity contribution in [1.82, 2.24) is 4.72 Å². The molecule has 0 saturated heterocycles. The molecule has 0 aromatic heterocycles. The van der Waals surface area contributed by atoms with Crippen molar-refractivity contribution in [3.8, 4) is 0 Å². The molecule has 30 heavy (non-hydrogen) atoms. The highest BCUT2D eigenvalue weighted by molar-refractivity contribution is 7.89. The van der Waals surface area contributed by atoms with E-state index in [9.17, 15) is 39.6 Å². The smallest absolute Gasteiger partial charge is 0.437 e. The van der Waals surface area contributed by atoms with Crippen molar-refractivity contribution in [3.63, 3.8) is 0 Å². The third-order valence-electron chi connectivity index (χ3n) is 3.78. The summed E-state index contributed by atoms with van der Waals surface area (Å²) < 4.78 is 111. The Kier molecular flexibility index (Phi) is 6.37. The van der Waals surface area contributed by atoms with E-state index in [1.807, 2.05) is 0 Å². The van der Waals surface area contributed by atoms with Crippen LogP contribution in [0.2, 0.25) is 0 Å². The maximum atomic E-state index is 14.0. The van der Waals surface area contributed by atoms with Crippen LogP contribution < -0.4 is 10.0 Å². The van der Waals surface area contributed by atoms with Crippen LogP contribution in [0.25, 0.3) is 0 Å². The molecule has 2 aromatic rings. The molecule has 1 atom stereocenters. The summed E-state index contributed by atoms with van der Waals surface area (Å²) in [4.78, 5) is 11.5. The van der Waals surface area contributed by atoms with Crippen molar-refractivity contribution in [2.45, 2.75) is 22.9 Å². The number of nitrogens with one attached hydrogen (secondary N) is 2. The van der Waals surface area contributed by atoms with Gasteiger partial charge in [0.15, 0.2) is 0 Å². The lowest BCUT2D eigenvalue weighted by Crippen LogP contribution is -2.69. The van der Waals surface area contributed by atoms with Gasteiger partial charge in [-0.2, -0.15) is 31.1 Å². The monoisotopic (exact) mass is 456 g/mol. The van der Waals surface area contributed by atoms with E-state index >= 15 is 0 Å². The Morgan fingerprint density at radius 3 is 2.03 bits per heavy atom. The van der Waals surface area contributed by atoms with Gasteiger partial charge in [-0.25, -0.2) is 13.2 Å². The number of rotatable bonds is 6. The summed E-state index contributed by atoms with van der Waals surface area (Å²) in [5.74, 6) is -2.13. The summed E-state index contributed by atoms with van der Waals surface area (Å²) in [5, 5.41) is 1.53. The molecule has 2 N–H and O–H groups in total. The Morgan fingerprint density at radius 2 is 1.53 bits per heavy atom. The molecule has 0 spiro atoms. The van der Waals surface area contributed by atoms with Crippen LogP contribution in [0, 0.1) is 0 Å². The molecule has 0 radical (unpaired) electrons. The number of ether oxygens (including phenoxy) is 1. The Labute approximate surface area is 166 Å². The van der Waals surface area contributed by atoms with Crippen LogP contribution in [0.4, 0.5) is 32.0 Å². The molecule has 0 aliphatic rings. The largest absolute Gasteiger partial charge is 0.466 e. The highest BCUT2D eigenvalue weighted by atomic mass is 32.2. The van der Waals surface area contributed by atoms with Crippen molar-refractivity contribution < 1.29 is 44.3 Å². The van der Waals surface area contributed by atoms with E-state index in [0.29, 0.717) is 19.2 Å². The standard InChI is InChI=1S/C17H14F6N2O4S/c1-29-14(26)15(17(21,22)23,25-30(27,28)13-8-3-2-4-9-13)24-12-7-5-6-11(10-12)16(18,19)20/h2-10,24-25H,1H3. The van der Waals surface area contributed by atoms with Gasteiger partial charge in [-0.15, -0.1) is 0 Å². The molecule has 1 unspecified atom stereocenters. The van der Waals surface area contributed by atoms with Crippen LogP contribution in [0.15, 0.2) is 59.5 Å². The van der Waals surface area contributed by atoms with Gasteiger partial charge in [0.05, 0.1) is 17.6 Å². The number of carbonyl (C=O) groups excluding carboxylic acids is 1. The Morgan fingerprint density at radius 1 is 0.933 bits per heavy atom. The molecule has 164 valence electrons. The molecule has 0 bridgehead atoms. The number of hydrogen-bond donors (Lipinski definition) is 2. The van der Waals surface area contributed by atoms with E-state index in [4.69, 9.17) is 0 Å². The van der Waals surface area contributed by atoms with Crippen molar-refractivity contribution in [1.29, 1.82) is 0 Å². The van der Waals surface area contributed by atoms with Crippen molar-refractivity contribution in [3.05, 3.63) is 60.2 Å². The topological polar surface area (TPSA) is 84.5 Å². The lowest BCUT2D eigenvalue weighted by Gasteiger charge is -2.34. The van der Waals surface area contributed by atoms with Crippen LogP contribution in [0.3, 0.4) is 0 Å². The molecular weight excluding hydrogens is 442 g/mol. The van der Waals surface area contributed by atoms with Crippen molar-refractivity contribution in [2.24, 2.45) is 0 Å². The van der Waals surface area contributed by atoms with E-state index in [1.54, 1.807) is 0 Å². The summed E-state index contributed by atoms with van der Waals surface area (Å²) in [7, 11) is -4.41. The van der Waals surface area contributed by atoms with Crippen molar-refractivity contribution >= 4 is 21.7 Å². The van der Waals surface area contributed by atoms with E-state index in [-0.39, 0.29) is 0 Å². The summed E-state index contributed by atoms with van der Waals surface area (Å²) in [6, 6.07) is 8.25. The van der Waals surface area contributed by atoms with Crippen LogP contribution in [-0.4, -0.2) is 33.3 Å². The molecule has 6 nitrogen and oxygen atoms in total. The van der Waals surface area contributed by atoms with E-state index in [1.165, 1.54) is 28.2 Å². The van der Waals surface area contributed by atoms with Crippen LogP contribution in [0.1, 0.15) is 5.56 Å². The number of carbonyl (C=O) groups is 1. The molecule has 0 saturated carbocycles. The highest BCUT2D eigenvalue weighted by Crippen LogP contribution is 2.36. The molecule has 2 rings (SSSR count). The first-order chi connectivity index (χ1) is 13.7. The van der Waals surface area contributed by atoms with Gasteiger partial charge in [-0.05, 0) is 30.3 Å². The molecule has 0 heterocycles. The molecule has 2 aromatic carbocycles. The van der Waals surface area contributed by atoms with Gasteiger partial charge in [0.25, 0.3) is 5.66 Å². The number of anilines is 1. The minimum absolute atomic E-state index is 0.292. The van der Waals surface area contributed by atoms with Gasteiger partial charge >= 0.3 is 18.3 Å². The van der Waals surface area contributed by atoms with Gasteiger partial charge < -0.3 is 10.1 Å². The fourth-order valence-electron chi connectivity index (χ4n) is 2.37. The normalized spacial score (nSPS) is 14.6. The van der Waals surface area contributed by atoms with E-state index in [0.717, 1.165) is 24.3 Å². The Hall–Kier alpha value is -2.80. The van der Waals surface area contributed by atoms with Gasteiger partial charge in [0.1, 0.15) is 0 Å². The number of halogens is 6. The number of hydrogen-bond acceptors (Lipinski definition) is 5. The quantitative estimate of drug-likeness (QED) is 0.395. The van der Waals surface area contributed by atoms with Crippen LogP contribution in [-0.2, 0) is 25.7 Å². The zero-order chi connectivity index (χ0) is 22.8. The zero-order valence-electron chi connectivity index (χ0n) is 15.0. The number of benzene rings is 2. The fraction of sp³-hybridized carbons (Fsp3) is 0.235. The predicted molar refractivity (Wildman–Crippen MR) is 92.6 cm³/mol. The van der Waals surface area contributed by atoms with Crippen LogP contribution >= 0.6 is 0 Å². The van der Waals surface area contributed by atoms with Crippen molar-refractivity contribution in [2.75, 3.05) is 12.4 Å². The highest BCUT2D eigenvalue weighted by Gasteiger charge is 2.64. The molecule has 0 fully saturated rings. The van der Waals surface area contributed by atoms with Gasteiger partial charge in [0, 0.05) is 5.69 Å². The second kappa shape index (κ2) is 8.14. The second-order valence-corrected chi connectivity index (χ2v) is 7.54. The molecule has 0 amide bonds.